The number of esters is 1. The molecule has 0 radical (unpaired) electrons. The van der Waals surface area contributed by atoms with Gasteiger partial charge in [0.1, 0.15) is 11.2 Å². The molecule has 2 heterocycles. The van der Waals surface area contributed by atoms with E-state index in [0.29, 0.717) is 11.6 Å². The molecular formula is C19H18ClNO3. The zero-order valence-electron chi connectivity index (χ0n) is 13.3. The Kier molecular flexibility index (Phi) is 3.72. The first-order valence-corrected chi connectivity index (χ1v) is 8.69. The van der Waals surface area contributed by atoms with Crippen molar-refractivity contribution in [2.24, 2.45) is 0 Å². The summed E-state index contributed by atoms with van der Waals surface area (Å²) in [7, 11) is 0. The maximum absolute atomic E-state index is 12.8. The number of aromatic nitrogens is 1. The third-order valence-electron chi connectivity index (χ3n) is 5.05. The standard InChI is InChI=1S/C19H18ClNO3/c20-14-6-4-5-13(11-14)12-21-10-7-15-16(17(21)22)18(23)24-19(15)8-2-1-3-9-19/h4-7,10-11H,1-3,8-9,12H2. The van der Waals surface area contributed by atoms with Crippen LogP contribution in [0.1, 0.15) is 53.6 Å². The van der Waals surface area contributed by atoms with E-state index in [1.165, 1.54) is 0 Å². The second kappa shape index (κ2) is 5.78. The fourth-order valence-corrected chi connectivity index (χ4v) is 4.10. The summed E-state index contributed by atoms with van der Waals surface area (Å²) in [5, 5.41) is 0.627. The molecule has 4 nitrogen and oxygen atoms in total. The lowest BCUT2D eigenvalue weighted by atomic mass is 9.80. The van der Waals surface area contributed by atoms with Gasteiger partial charge in [0, 0.05) is 16.8 Å². The number of pyridine rings is 1. The average Bonchev–Trinajstić information content (AvgIpc) is 2.83. The van der Waals surface area contributed by atoms with Crippen LogP contribution >= 0.6 is 11.6 Å². The van der Waals surface area contributed by atoms with Gasteiger partial charge in [0.2, 0.25) is 0 Å². The number of hydrogen-bond acceptors (Lipinski definition) is 3. The first kappa shape index (κ1) is 15.5. The summed E-state index contributed by atoms with van der Waals surface area (Å²) in [4.78, 5) is 25.2. The Bertz CT molecular complexity index is 865. The molecule has 1 fully saturated rings. The molecule has 1 aromatic heterocycles. The normalized spacial score (nSPS) is 18.5. The summed E-state index contributed by atoms with van der Waals surface area (Å²) in [6.07, 6.45) is 6.59. The van der Waals surface area contributed by atoms with Gasteiger partial charge in [-0.15, -0.1) is 0 Å². The molecule has 1 spiro atoms. The SMILES string of the molecule is O=C1OC2(CCCCC2)c2ccn(Cc3cccc(Cl)c3)c(=O)c21. The highest BCUT2D eigenvalue weighted by Gasteiger charge is 2.47. The molecule has 2 aliphatic rings. The lowest BCUT2D eigenvalue weighted by Crippen LogP contribution is -2.30. The van der Waals surface area contributed by atoms with Gasteiger partial charge in [-0.2, -0.15) is 0 Å². The molecule has 1 aliphatic carbocycles. The number of ether oxygens (including phenoxy) is 1. The Labute approximate surface area is 145 Å². The number of fused-ring (bicyclic) bond motifs is 2. The maximum Gasteiger partial charge on any atom is 0.345 e. The minimum atomic E-state index is -0.570. The fraction of sp³-hybridized carbons (Fsp3) is 0.368. The van der Waals surface area contributed by atoms with Gasteiger partial charge >= 0.3 is 5.97 Å². The fourth-order valence-electron chi connectivity index (χ4n) is 3.89. The molecule has 1 aromatic carbocycles. The van der Waals surface area contributed by atoms with E-state index in [0.717, 1.165) is 43.2 Å². The van der Waals surface area contributed by atoms with Crippen molar-refractivity contribution >= 4 is 17.6 Å². The Morgan fingerprint density at radius 2 is 1.92 bits per heavy atom. The van der Waals surface area contributed by atoms with Crippen molar-refractivity contribution in [2.45, 2.75) is 44.2 Å². The van der Waals surface area contributed by atoms with Crippen LogP contribution in [0.25, 0.3) is 0 Å². The first-order chi connectivity index (χ1) is 11.6. The highest BCUT2D eigenvalue weighted by molar-refractivity contribution is 6.30. The molecule has 1 saturated carbocycles. The topological polar surface area (TPSA) is 48.3 Å². The van der Waals surface area contributed by atoms with Gasteiger partial charge in [0.15, 0.2) is 0 Å². The van der Waals surface area contributed by atoms with E-state index in [-0.39, 0.29) is 11.1 Å². The van der Waals surface area contributed by atoms with Crippen LogP contribution in [0.3, 0.4) is 0 Å². The second-order valence-electron chi connectivity index (χ2n) is 6.61. The van der Waals surface area contributed by atoms with Gasteiger partial charge in [-0.1, -0.05) is 30.2 Å². The summed E-state index contributed by atoms with van der Waals surface area (Å²) in [5.41, 5.74) is 1.06. The number of carbonyl (C=O) groups is 1. The number of halogens is 1. The van der Waals surface area contributed by atoms with E-state index < -0.39 is 11.6 Å². The van der Waals surface area contributed by atoms with Crippen LogP contribution in [0.4, 0.5) is 0 Å². The van der Waals surface area contributed by atoms with Gasteiger partial charge in [-0.3, -0.25) is 4.79 Å². The summed E-state index contributed by atoms with van der Waals surface area (Å²) in [6, 6.07) is 9.26. The average molecular weight is 344 g/mol. The van der Waals surface area contributed by atoms with Crippen LogP contribution in [-0.2, 0) is 16.9 Å². The molecule has 0 saturated heterocycles. The number of carbonyl (C=O) groups excluding carboxylic acids is 1. The van der Waals surface area contributed by atoms with Crippen molar-refractivity contribution in [3.63, 3.8) is 0 Å². The minimum absolute atomic E-state index is 0.210. The summed E-state index contributed by atoms with van der Waals surface area (Å²) < 4.78 is 7.24. The molecule has 1 aliphatic heterocycles. The zero-order valence-corrected chi connectivity index (χ0v) is 14.0. The minimum Gasteiger partial charge on any atom is -0.450 e. The van der Waals surface area contributed by atoms with Crippen molar-refractivity contribution < 1.29 is 9.53 Å². The van der Waals surface area contributed by atoms with Crippen LogP contribution in [0.15, 0.2) is 41.3 Å². The van der Waals surface area contributed by atoms with E-state index in [2.05, 4.69) is 0 Å². The molecular weight excluding hydrogens is 326 g/mol. The molecule has 0 unspecified atom stereocenters. The maximum atomic E-state index is 12.8. The molecule has 0 amide bonds. The molecule has 24 heavy (non-hydrogen) atoms. The predicted molar refractivity (Wildman–Crippen MR) is 91.4 cm³/mol. The Hall–Kier alpha value is -2.07. The van der Waals surface area contributed by atoms with E-state index in [1.807, 2.05) is 24.3 Å². The van der Waals surface area contributed by atoms with Crippen molar-refractivity contribution in [1.82, 2.24) is 4.57 Å². The number of benzene rings is 1. The molecule has 4 rings (SSSR count). The largest absolute Gasteiger partial charge is 0.450 e. The van der Waals surface area contributed by atoms with Crippen molar-refractivity contribution in [1.29, 1.82) is 0 Å². The van der Waals surface area contributed by atoms with E-state index in [1.54, 1.807) is 16.8 Å². The van der Waals surface area contributed by atoms with Crippen LogP contribution in [0.2, 0.25) is 5.02 Å². The molecule has 2 aromatic rings. The summed E-state index contributed by atoms with van der Waals surface area (Å²) in [6.45, 7) is 0.382. The van der Waals surface area contributed by atoms with Gasteiger partial charge in [0.05, 0.1) is 6.54 Å². The number of rotatable bonds is 2. The van der Waals surface area contributed by atoms with Crippen LogP contribution < -0.4 is 5.56 Å². The van der Waals surface area contributed by atoms with Crippen molar-refractivity contribution in [3.05, 3.63) is 68.6 Å². The first-order valence-electron chi connectivity index (χ1n) is 8.31. The Morgan fingerprint density at radius 1 is 1.12 bits per heavy atom. The highest BCUT2D eigenvalue weighted by atomic mass is 35.5. The van der Waals surface area contributed by atoms with Gasteiger partial charge in [-0.25, -0.2) is 4.79 Å². The number of nitrogens with zero attached hydrogens (tertiary/aromatic N) is 1. The quantitative estimate of drug-likeness (QED) is 0.777. The van der Waals surface area contributed by atoms with Crippen molar-refractivity contribution in [2.75, 3.05) is 0 Å². The van der Waals surface area contributed by atoms with Crippen LogP contribution in [0.5, 0.6) is 0 Å². The summed E-state index contributed by atoms with van der Waals surface area (Å²) in [5.74, 6) is -0.475. The van der Waals surface area contributed by atoms with Gasteiger partial charge in [0.25, 0.3) is 5.56 Å². The van der Waals surface area contributed by atoms with Crippen molar-refractivity contribution in [3.8, 4) is 0 Å². The van der Waals surface area contributed by atoms with E-state index >= 15 is 0 Å². The molecule has 0 bridgehead atoms. The highest BCUT2D eigenvalue weighted by Crippen LogP contribution is 2.45. The van der Waals surface area contributed by atoms with E-state index in [9.17, 15) is 9.59 Å². The lowest BCUT2D eigenvalue weighted by molar-refractivity contribution is -0.0280. The third kappa shape index (κ3) is 2.46. The smallest absolute Gasteiger partial charge is 0.345 e. The second-order valence-corrected chi connectivity index (χ2v) is 7.05. The van der Waals surface area contributed by atoms with Gasteiger partial charge < -0.3 is 9.30 Å². The van der Waals surface area contributed by atoms with Gasteiger partial charge in [-0.05, 0) is 49.4 Å². The molecule has 5 heteroatoms. The third-order valence-corrected chi connectivity index (χ3v) is 5.29. The predicted octanol–water partition coefficient (Wildman–Crippen LogP) is 3.88. The van der Waals surface area contributed by atoms with Crippen LogP contribution in [-0.4, -0.2) is 10.5 Å². The molecule has 0 atom stereocenters. The Morgan fingerprint density at radius 3 is 2.67 bits per heavy atom. The Balaban J connectivity index is 1.75. The molecule has 124 valence electrons. The molecule has 0 N–H and O–H groups in total. The monoisotopic (exact) mass is 343 g/mol. The number of hydrogen-bond donors (Lipinski definition) is 0. The lowest BCUT2D eigenvalue weighted by Gasteiger charge is -2.32. The van der Waals surface area contributed by atoms with Crippen LogP contribution in [0, 0.1) is 0 Å². The zero-order chi connectivity index (χ0) is 16.7. The summed E-state index contributed by atoms with van der Waals surface area (Å²) >= 11 is 6.00. The van der Waals surface area contributed by atoms with E-state index in [4.69, 9.17) is 16.3 Å².